The van der Waals surface area contributed by atoms with Crippen molar-refractivity contribution < 1.29 is 4.74 Å². The van der Waals surface area contributed by atoms with Gasteiger partial charge in [0.2, 0.25) is 0 Å². The molecule has 5 nitrogen and oxygen atoms in total. The molecule has 1 aromatic heterocycles. The van der Waals surface area contributed by atoms with E-state index in [1.807, 2.05) is 30.3 Å². The molecule has 0 fully saturated rings. The van der Waals surface area contributed by atoms with Gasteiger partial charge in [0.1, 0.15) is 11.4 Å². The van der Waals surface area contributed by atoms with Crippen LogP contribution >= 0.6 is 11.6 Å². The van der Waals surface area contributed by atoms with E-state index in [1.165, 1.54) is 0 Å². The summed E-state index contributed by atoms with van der Waals surface area (Å²) in [5.41, 5.74) is 1.57. The van der Waals surface area contributed by atoms with Gasteiger partial charge in [-0.1, -0.05) is 23.7 Å². The van der Waals surface area contributed by atoms with Crippen molar-refractivity contribution in [2.45, 2.75) is 0 Å². The molecule has 1 aliphatic heterocycles. The molecule has 1 aliphatic rings. The Kier molecular flexibility index (Phi) is 2.10. The summed E-state index contributed by atoms with van der Waals surface area (Å²) in [5, 5.41) is 12.4. The van der Waals surface area contributed by atoms with Crippen LogP contribution in [0.3, 0.4) is 0 Å². The molecule has 0 amide bonds. The number of benzene rings is 2. The van der Waals surface area contributed by atoms with E-state index in [0.717, 1.165) is 11.3 Å². The summed E-state index contributed by atoms with van der Waals surface area (Å²) in [7, 11) is 0. The van der Waals surface area contributed by atoms with Crippen LogP contribution in [-0.2, 0) is 0 Å². The zero-order valence-electron chi connectivity index (χ0n) is 9.62. The van der Waals surface area contributed by atoms with Crippen LogP contribution in [0.25, 0.3) is 17.1 Å². The largest absolute Gasteiger partial charge is 0.454 e. The third-order valence-corrected chi connectivity index (χ3v) is 3.20. The third kappa shape index (κ3) is 1.52. The van der Waals surface area contributed by atoms with E-state index < -0.39 is 0 Å². The normalized spacial score (nSPS) is 11.8. The maximum atomic E-state index is 6.04. The van der Waals surface area contributed by atoms with Gasteiger partial charge in [0.05, 0.1) is 5.56 Å². The second-order valence-corrected chi connectivity index (χ2v) is 4.56. The fourth-order valence-corrected chi connectivity index (χ4v) is 2.29. The monoisotopic (exact) mass is 270 g/mol. The van der Waals surface area contributed by atoms with Gasteiger partial charge in [0.15, 0.2) is 11.6 Å². The van der Waals surface area contributed by atoms with Crippen LogP contribution in [0.15, 0.2) is 42.5 Å². The highest BCUT2D eigenvalue weighted by Gasteiger charge is 2.22. The lowest BCUT2D eigenvalue weighted by molar-refractivity contribution is 0.483. The third-order valence-electron chi connectivity index (χ3n) is 2.97. The first-order chi connectivity index (χ1) is 9.33. The second-order valence-electron chi connectivity index (χ2n) is 4.12. The lowest BCUT2D eigenvalue weighted by Gasteiger charge is -2.07. The summed E-state index contributed by atoms with van der Waals surface area (Å²) in [4.78, 5) is 0. The molecule has 0 spiro atoms. The number of rotatable bonds is 0. The Hall–Kier alpha value is -2.40. The van der Waals surface area contributed by atoms with Crippen molar-refractivity contribution in [3.05, 3.63) is 47.5 Å². The molecule has 0 bridgehead atoms. The molecule has 0 radical (unpaired) electrons. The van der Waals surface area contributed by atoms with Crippen LogP contribution in [0, 0.1) is 0 Å². The molecule has 6 heteroatoms. The van der Waals surface area contributed by atoms with E-state index in [4.69, 9.17) is 16.3 Å². The molecule has 2 heterocycles. The second kappa shape index (κ2) is 3.80. The summed E-state index contributed by atoms with van der Waals surface area (Å²) in [6, 6.07) is 13.0. The molecular formula is C13H7ClN4O. The highest BCUT2D eigenvalue weighted by Crippen LogP contribution is 2.40. The summed E-state index contributed by atoms with van der Waals surface area (Å²) in [5.74, 6) is 2.00. The first-order valence-electron chi connectivity index (χ1n) is 5.68. The van der Waals surface area contributed by atoms with Crippen molar-refractivity contribution in [1.29, 1.82) is 0 Å². The van der Waals surface area contributed by atoms with Gasteiger partial charge in [-0.05, 0) is 40.8 Å². The van der Waals surface area contributed by atoms with Crippen LogP contribution in [-0.4, -0.2) is 20.2 Å². The molecule has 92 valence electrons. The SMILES string of the molecule is Clc1ccc2c(c1)-c1nnnn1-c1ccccc1O2. The zero-order valence-corrected chi connectivity index (χ0v) is 10.4. The number of para-hydroxylation sites is 2. The standard InChI is InChI=1S/C13H7ClN4O/c14-8-5-6-11-9(7-8)13-15-16-17-18(13)10-3-1-2-4-12(10)19-11/h1-7H. The van der Waals surface area contributed by atoms with Crippen LogP contribution < -0.4 is 4.74 Å². The van der Waals surface area contributed by atoms with Crippen LogP contribution in [0.2, 0.25) is 5.02 Å². The number of ether oxygens (including phenoxy) is 1. The Bertz CT molecular complexity index is 784. The number of hydrogen-bond donors (Lipinski definition) is 0. The quantitative estimate of drug-likeness (QED) is 0.493. The minimum Gasteiger partial charge on any atom is -0.454 e. The van der Waals surface area contributed by atoms with Crippen molar-refractivity contribution >= 4 is 11.6 Å². The van der Waals surface area contributed by atoms with Crippen molar-refractivity contribution in [2.75, 3.05) is 0 Å². The van der Waals surface area contributed by atoms with Crippen LogP contribution in [0.1, 0.15) is 0 Å². The summed E-state index contributed by atoms with van der Waals surface area (Å²) < 4.78 is 7.56. The van der Waals surface area contributed by atoms with Crippen molar-refractivity contribution in [3.8, 4) is 28.6 Å². The van der Waals surface area contributed by atoms with Gasteiger partial charge >= 0.3 is 0 Å². The smallest absolute Gasteiger partial charge is 0.191 e. The molecule has 4 rings (SSSR count). The van der Waals surface area contributed by atoms with E-state index in [2.05, 4.69) is 15.5 Å². The molecular weight excluding hydrogens is 264 g/mol. The molecule has 0 unspecified atom stereocenters. The summed E-state index contributed by atoms with van der Waals surface area (Å²) in [6.45, 7) is 0. The Balaban J connectivity index is 2.10. The lowest BCUT2D eigenvalue weighted by Crippen LogP contribution is -1.98. The number of tetrazole rings is 1. The Morgan fingerprint density at radius 2 is 1.95 bits per heavy atom. The molecule has 0 atom stereocenters. The summed E-state index contributed by atoms with van der Waals surface area (Å²) in [6.07, 6.45) is 0. The van der Waals surface area contributed by atoms with Crippen molar-refractivity contribution in [1.82, 2.24) is 20.2 Å². The van der Waals surface area contributed by atoms with Crippen molar-refractivity contribution in [2.24, 2.45) is 0 Å². The Morgan fingerprint density at radius 3 is 2.89 bits per heavy atom. The van der Waals surface area contributed by atoms with E-state index in [0.29, 0.717) is 22.3 Å². The molecule has 0 aliphatic carbocycles. The first-order valence-corrected chi connectivity index (χ1v) is 6.06. The molecule has 19 heavy (non-hydrogen) atoms. The van der Waals surface area contributed by atoms with Gasteiger partial charge in [-0.25, -0.2) is 0 Å². The Morgan fingerprint density at radius 1 is 1.05 bits per heavy atom. The van der Waals surface area contributed by atoms with Gasteiger partial charge in [-0.2, -0.15) is 4.68 Å². The van der Waals surface area contributed by atoms with E-state index in [1.54, 1.807) is 16.8 Å². The number of hydrogen-bond acceptors (Lipinski definition) is 4. The van der Waals surface area contributed by atoms with E-state index in [9.17, 15) is 0 Å². The number of fused-ring (bicyclic) bond motifs is 5. The number of halogens is 1. The highest BCUT2D eigenvalue weighted by atomic mass is 35.5. The molecule has 3 aromatic rings. The predicted molar refractivity (Wildman–Crippen MR) is 69.7 cm³/mol. The van der Waals surface area contributed by atoms with Crippen LogP contribution in [0.5, 0.6) is 11.5 Å². The fourth-order valence-electron chi connectivity index (χ4n) is 2.12. The zero-order chi connectivity index (χ0) is 12.8. The molecule has 0 saturated carbocycles. The van der Waals surface area contributed by atoms with E-state index >= 15 is 0 Å². The molecule has 0 saturated heterocycles. The minimum absolute atomic E-state index is 0.613. The van der Waals surface area contributed by atoms with Gasteiger partial charge < -0.3 is 4.74 Å². The average Bonchev–Trinajstić information content (AvgIpc) is 2.86. The van der Waals surface area contributed by atoms with Crippen molar-refractivity contribution in [3.63, 3.8) is 0 Å². The number of nitrogens with zero attached hydrogens (tertiary/aromatic N) is 4. The first kappa shape index (κ1) is 10.5. The summed E-state index contributed by atoms with van der Waals surface area (Å²) >= 11 is 6.04. The van der Waals surface area contributed by atoms with Gasteiger partial charge in [-0.15, -0.1) is 5.10 Å². The Labute approximate surface area is 113 Å². The van der Waals surface area contributed by atoms with Gasteiger partial charge in [0.25, 0.3) is 0 Å². The molecule has 2 aromatic carbocycles. The number of aromatic nitrogens is 4. The maximum Gasteiger partial charge on any atom is 0.191 e. The maximum absolute atomic E-state index is 6.04. The highest BCUT2D eigenvalue weighted by molar-refractivity contribution is 6.30. The minimum atomic E-state index is 0.613. The average molecular weight is 271 g/mol. The van der Waals surface area contributed by atoms with E-state index in [-0.39, 0.29) is 0 Å². The van der Waals surface area contributed by atoms with Gasteiger partial charge in [-0.3, -0.25) is 0 Å². The molecule has 0 N–H and O–H groups in total. The van der Waals surface area contributed by atoms with Gasteiger partial charge in [0, 0.05) is 5.02 Å². The predicted octanol–water partition coefficient (Wildman–Crippen LogP) is 3.09. The fraction of sp³-hybridized carbons (Fsp3) is 0. The lowest BCUT2D eigenvalue weighted by atomic mass is 10.2. The topological polar surface area (TPSA) is 52.8 Å². The van der Waals surface area contributed by atoms with Crippen LogP contribution in [0.4, 0.5) is 0 Å².